The maximum absolute atomic E-state index is 12.4. The van der Waals surface area contributed by atoms with Crippen molar-refractivity contribution in [1.82, 2.24) is 15.1 Å². The van der Waals surface area contributed by atoms with Gasteiger partial charge in [0.05, 0.1) is 12.2 Å². The number of rotatable bonds is 6. The lowest BCUT2D eigenvalue weighted by Gasteiger charge is -2.14. The molecule has 3 aromatic rings. The molecule has 0 radical (unpaired) electrons. The second-order valence-corrected chi connectivity index (χ2v) is 8.12. The Morgan fingerprint density at radius 3 is 2.53 bits per heavy atom. The molecule has 2 aromatic carbocycles. The van der Waals surface area contributed by atoms with Crippen molar-refractivity contribution in [3.05, 3.63) is 81.6 Å². The van der Waals surface area contributed by atoms with E-state index in [9.17, 15) is 9.59 Å². The summed E-state index contributed by atoms with van der Waals surface area (Å²) >= 11 is 12.4. The zero-order valence-corrected chi connectivity index (χ0v) is 18.8. The van der Waals surface area contributed by atoms with Crippen molar-refractivity contribution in [2.24, 2.45) is 0 Å². The highest BCUT2D eigenvalue weighted by atomic mass is 35.5. The molecular weight excluding hydrogens is 449 g/mol. The Bertz CT molecular complexity index is 1170. The molecule has 2 N–H and O–H groups in total. The Kier molecular flexibility index (Phi) is 6.48. The molecular formula is C23H21Cl2N5O2. The number of aryl methyl sites for hydroxylation is 1. The number of hydrogen-bond acceptors (Lipinski definition) is 3. The van der Waals surface area contributed by atoms with E-state index >= 15 is 0 Å². The van der Waals surface area contributed by atoms with Crippen LogP contribution in [-0.4, -0.2) is 34.8 Å². The number of nitrogens with zero attached hydrogens (tertiary/aromatic N) is 3. The Balaban J connectivity index is 1.40. The number of halogens is 2. The first-order valence-electron chi connectivity index (χ1n) is 10.0. The van der Waals surface area contributed by atoms with Gasteiger partial charge in [-0.25, -0.2) is 9.48 Å². The van der Waals surface area contributed by atoms with E-state index in [1.165, 1.54) is 6.08 Å². The molecule has 9 heteroatoms. The lowest BCUT2D eigenvalue weighted by Crippen LogP contribution is -2.27. The molecule has 1 aromatic heterocycles. The van der Waals surface area contributed by atoms with E-state index in [4.69, 9.17) is 23.2 Å². The lowest BCUT2D eigenvalue weighted by molar-refractivity contribution is -0.111. The number of anilines is 2. The second-order valence-electron chi connectivity index (χ2n) is 7.33. The van der Waals surface area contributed by atoms with Crippen LogP contribution in [0.4, 0.5) is 16.2 Å². The van der Waals surface area contributed by atoms with Crippen molar-refractivity contribution < 1.29 is 9.59 Å². The van der Waals surface area contributed by atoms with Gasteiger partial charge in [0, 0.05) is 41.1 Å². The molecule has 0 atom stereocenters. The van der Waals surface area contributed by atoms with Gasteiger partial charge in [0.15, 0.2) is 0 Å². The Hall–Kier alpha value is -3.29. The molecule has 0 unspecified atom stereocenters. The molecule has 1 fully saturated rings. The topological polar surface area (TPSA) is 79.3 Å². The fourth-order valence-corrected chi connectivity index (χ4v) is 3.83. The van der Waals surface area contributed by atoms with E-state index in [1.807, 2.05) is 31.2 Å². The monoisotopic (exact) mass is 469 g/mol. The van der Waals surface area contributed by atoms with Crippen LogP contribution in [0.1, 0.15) is 16.8 Å². The standard InChI is InChI=1S/C23H21Cl2N5O2/c1-15-20(22(25)30(28-15)14-16-2-4-17(24)5-3-16)10-11-21(31)27-18-6-8-19(9-7-18)29-13-12-26-23(29)32/h2-11H,12-14H2,1H3,(H,26,32)(H,27,31)/b11-10+. The van der Waals surface area contributed by atoms with Crippen LogP contribution in [0.15, 0.2) is 54.6 Å². The van der Waals surface area contributed by atoms with Crippen molar-refractivity contribution in [1.29, 1.82) is 0 Å². The Labute approximate surface area is 195 Å². The van der Waals surface area contributed by atoms with Gasteiger partial charge in [0.1, 0.15) is 5.15 Å². The van der Waals surface area contributed by atoms with Crippen LogP contribution in [0.3, 0.4) is 0 Å². The number of carbonyl (C=O) groups is 2. The third-order valence-electron chi connectivity index (χ3n) is 5.06. The largest absolute Gasteiger partial charge is 0.336 e. The average molecular weight is 470 g/mol. The van der Waals surface area contributed by atoms with Crippen LogP contribution in [-0.2, 0) is 11.3 Å². The van der Waals surface area contributed by atoms with E-state index in [0.29, 0.717) is 41.1 Å². The highest BCUT2D eigenvalue weighted by molar-refractivity contribution is 6.31. The quantitative estimate of drug-likeness (QED) is 0.512. The number of amides is 3. The van der Waals surface area contributed by atoms with Crippen LogP contribution in [0.5, 0.6) is 0 Å². The van der Waals surface area contributed by atoms with Gasteiger partial charge in [-0.2, -0.15) is 5.10 Å². The summed E-state index contributed by atoms with van der Waals surface area (Å²) in [5.41, 5.74) is 3.84. The van der Waals surface area contributed by atoms with E-state index in [2.05, 4.69) is 15.7 Å². The molecule has 0 bridgehead atoms. The van der Waals surface area contributed by atoms with Gasteiger partial charge >= 0.3 is 6.03 Å². The van der Waals surface area contributed by atoms with Crippen LogP contribution < -0.4 is 15.5 Å². The molecule has 2 heterocycles. The summed E-state index contributed by atoms with van der Waals surface area (Å²) in [6, 6.07) is 14.5. The van der Waals surface area contributed by atoms with Gasteiger partial charge in [-0.3, -0.25) is 9.69 Å². The summed E-state index contributed by atoms with van der Waals surface area (Å²) < 4.78 is 1.69. The van der Waals surface area contributed by atoms with Crippen LogP contribution in [0.2, 0.25) is 10.2 Å². The number of carbonyl (C=O) groups excluding carboxylic acids is 2. The summed E-state index contributed by atoms with van der Waals surface area (Å²) in [5, 5.41) is 11.2. The predicted molar refractivity (Wildman–Crippen MR) is 127 cm³/mol. The zero-order chi connectivity index (χ0) is 22.7. The Morgan fingerprint density at radius 1 is 1.16 bits per heavy atom. The van der Waals surface area contributed by atoms with E-state index in [1.54, 1.807) is 39.9 Å². The summed E-state index contributed by atoms with van der Waals surface area (Å²) in [6.07, 6.45) is 3.08. The van der Waals surface area contributed by atoms with Gasteiger partial charge in [-0.1, -0.05) is 35.3 Å². The lowest BCUT2D eigenvalue weighted by atomic mass is 10.2. The maximum atomic E-state index is 12.4. The van der Waals surface area contributed by atoms with E-state index in [-0.39, 0.29) is 11.9 Å². The van der Waals surface area contributed by atoms with Gasteiger partial charge in [0.25, 0.3) is 0 Å². The fraction of sp³-hybridized carbons (Fsp3) is 0.174. The minimum Gasteiger partial charge on any atom is -0.336 e. The normalized spacial score (nSPS) is 13.6. The smallest absolute Gasteiger partial charge is 0.321 e. The summed E-state index contributed by atoms with van der Waals surface area (Å²) in [7, 11) is 0. The summed E-state index contributed by atoms with van der Waals surface area (Å²) in [4.78, 5) is 25.8. The van der Waals surface area contributed by atoms with Crippen LogP contribution >= 0.6 is 23.2 Å². The van der Waals surface area contributed by atoms with Crippen molar-refractivity contribution in [3.8, 4) is 0 Å². The molecule has 3 amide bonds. The fourth-order valence-electron chi connectivity index (χ4n) is 3.41. The second kappa shape index (κ2) is 9.46. The first-order chi connectivity index (χ1) is 15.4. The molecule has 32 heavy (non-hydrogen) atoms. The summed E-state index contributed by atoms with van der Waals surface area (Å²) in [6.45, 7) is 3.59. The number of hydrogen-bond donors (Lipinski definition) is 2. The molecule has 1 aliphatic heterocycles. The highest BCUT2D eigenvalue weighted by Crippen LogP contribution is 2.23. The van der Waals surface area contributed by atoms with E-state index < -0.39 is 0 Å². The zero-order valence-electron chi connectivity index (χ0n) is 17.3. The number of nitrogens with one attached hydrogen (secondary N) is 2. The minimum absolute atomic E-state index is 0.117. The Morgan fingerprint density at radius 2 is 1.88 bits per heavy atom. The summed E-state index contributed by atoms with van der Waals surface area (Å²) in [5.74, 6) is -0.294. The SMILES string of the molecule is Cc1nn(Cc2ccc(Cl)cc2)c(Cl)c1/C=C/C(=O)Nc1ccc(N2CCNC2=O)cc1. The molecule has 4 rings (SSSR count). The van der Waals surface area contributed by atoms with Crippen LogP contribution in [0, 0.1) is 6.92 Å². The third-order valence-corrected chi connectivity index (χ3v) is 5.71. The number of urea groups is 1. The number of aromatic nitrogens is 2. The molecule has 0 aliphatic carbocycles. The third kappa shape index (κ3) is 4.95. The maximum Gasteiger partial charge on any atom is 0.321 e. The van der Waals surface area contributed by atoms with Crippen molar-refractivity contribution >= 4 is 52.6 Å². The molecule has 7 nitrogen and oxygen atoms in total. The molecule has 1 saturated heterocycles. The molecule has 0 saturated carbocycles. The van der Waals surface area contributed by atoms with Crippen molar-refractivity contribution in [2.45, 2.75) is 13.5 Å². The average Bonchev–Trinajstić information content (AvgIpc) is 3.31. The molecule has 164 valence electrons. The predicted octanol–water partition coefficient (Wildman–Crippen LogP) is 4.73. The van der Waals surface area contributed by atoms with Gasteiger partial charge in [0.2, 0.25) is 5.91 Å². The van der Waals surface area contributed by atoms with Crippen molar-refractivity contribution in [2.75, 3.05) is 23.3 Å². The van der Waals surface area contributed by atoms with Gasteiger partial charge < -0.3 is 10.6 Å². The minimum atomic E-state index is -0.294. The molecule has 0 spiro atoms. The van der Waals surface area contributed by atoms with Crippen LogP contribution in [0.25, 0.3) is 6.08 Å². The van der Waals surface area contributed by atoms with Crippen molar-refractivity contribution in [3.63, 3.8) is 0 Å². The first kappa shape index (κ1) is 21.9. The number of benzene rings is 2. The van der Waals surface area contributed by atoms with E-state index in [0.717, 1.165) is 16.9 Å². The highest BCUT2D eigenvalue weighted by Gasteiger charge is 2.20. The molecule has 1 aliphatic rings. The first-order valence-corrected chi connectivity index (χ1v) is 10.8. The van der Waals surface area contributed by atoms with Gasteiger partial charge in [-0.15, -0.1) is 0 Å². The van der Waals surface area contributed by atoms with Gasteiger partial charge in [-0.05, 0) is 55.0 Å².